The second-order valence-electron chi connectivity index (χ2n) is 2.83. The van der Waals surface area contributed by atoms with Crippen molar-refractivity contribution in [3.8, 4) is 0 Å². The Labute approximate surface area is 77.6 Å². The van der Waals surface area contributed by atoms with E-state index < -0.39 is 0 Å². The van der Waals surface area contributed by atoms with Gasteiger partial charge in [0.15, 0.2) is 0 Å². The quantitative estimate of drug-likeness (QED) is 0.618. The van der Waals surface area contributed by atoms with Crippen molar-refractivity contribution in [3.05, 3.63) is 48.0 Å². The summed E-state index contributed by atoms with van der Waals surface area (Å²) in [5, 5.41) is 2.56. The highest BCUT2D eigenvalue weighted by atomic mass is 32.1. The van der Waals surface area contributed by atoms with E-state index in [1.807, 2.05) is 0 Å². The third-order valence-corrected chi connectivity index (χ3v) is 2.31. The van der Waals surface area contributed by atoms with Gasteiger partial charge in [0.2, 0.25) is 0 Å². The molecule has 59 valence electrons. The van der Waals surface area contributed by atoms with Crippen LogP contribution >= 0.6 is 12.6 Å². The van der Waals surface area contributed by atoms with E-state index in [2.05, 4.69) is 42.5 Å². The van der Waals surface area contributed by atoms with E-state index in [-0.39, 0.29) is 0 Å². The average Bonchev–Trinajstić information content (AvgIpc) is 2.17. The highest BCUT2D eigenvalue weighted by Gasteiger charge is 1.92. The Morgan fingerprint density at radius 2 is 1.67 bits per heavy atom. The molecule has 0 saturated carbocycles. The molecule has 0 saturated heterocycles. The zero-order valence-corrected chi connectivity index (χ0v) is 7.47. The Hall–Kier alpha value is -0.950. The van der Waals surface area contributed by atoms with E-state index in [0.717, 1.165) is 0 Å². The van der Waals surface area contributed by atoms with Crippen molar-refractivity contribution in [3.63, 3.8) is 0 Å². The summed E-state index contributed by atoms with van der Waals surface area (Å²) < 4.78 is 0. The topological polar surface area (TPSA) is 0 Å². The molecule has 2 aromatic carbocycles. The molecule has 1 heteroatoms. The number of fused-ring (bicyclic) bond motifs is 1. The van der Waals surface area contributed by atoms with Crippen molar-refractivity contribution >= 4 is 23.4 Å². The van der Waals surface area contributed by atoms with Gasteiger partial charge in [0.25, 0.3) is 0 Å². The minimum Gasteiger partial charge on any atom is -0.0890 e. The summed E-state index contributed by atoms with van der Waals surface area (Å²) in [4.78, 5) is 0. The fourth-order valence-electron chi connectivity index (χ4n) is 1.33. The fraction of sp³-hybridized carbons (Fsp3) is 0.0909. The van der Waals surface area contributed by atoms with Crippen LogP contribution in [-0.4, -0.2) is 0 Å². The van der Waals surface area contributed by atoms with E-state index in [9.17, 15) is 0 Å². The van der Waals surface area contributed by atoms with Crippen LogP contribution in [0.2, 0.25) is 0 Å². The van der Waals surface area contributed by atoms with Crippen LogP contribution in [0.15, 0.2) is 42.5 Å². The number of hydrogen-bond donors (Lipinski definition) is 0. The second kappa shape index (κ2) is 3.20. The summed E-state index contributed by atoms with van der Waals surface area (Å²) in [7, 11) is 0. The Kier molecular flexibility index (Phi) is 2.05. The number of benzene rings is 2. The van der Waals surface area contributed by atoms with Crippen LogP contribution in [0, 0.1) is 0 Å². The van der Waals surface area contributed by atoms with Gasteiger partial charge in [0.05, 0.1) is 0 Å². The van der Waals surface area contributed by atoms with Crippen molar-refractivity contribution in [2.45, 2.75) is 5.75 Å². The maximum absolute atomic E-state index is 4.98. The van der Waals surface area contributed by atoms with Crippen LogP contribution in [0.4, 0.5) is 0 Å². The molecule has 0 nitrogen and oxygen atoms in total. The van der Waals surface area contributed by atoms with Gasteiger partial charge >= 0.3 is 0 Å². The monoisotopic (exact) mass is 173 g/mol. The molecule has 0 amide bonds. The van der Waals surface area contributed by atoms with Crippen LogP contribution in [-0.2, 0) is 5.75 Å². The summed E-state index contributed by atoms with van der Waals surface area (Å²) >= 11 is 4.98. The largest absolute Gasteiger partial charge is 0.0890 e. The summed E-state index contributed by atoms with van der Waals surface area (Å²) in [6, 6.07) is 14.7. The van der Waals surface area contributed by atoms with Crippen LogP contribution in [0.25, 0.3) is 10.8 Å². The maximum atomic E-state index is 4.98. The molecule has 0 spiro atoms. The van der Waals surface area contributed by atoms with Crippen molar-refractivity contribution in [2.24, 2.45) is 0 Å². The summed E-state index contributed by atoms with van der Waals surface area (Å²) in [5.74, 6) is 0.699. The lowest BCUT2D eigenvalue weighted by Crippen LogP contribution is -1.77. The number of hydrogen-bond acceptors (Lipinski definition) is 0. The molecule has 1 radical (unpaired) electrons. The van der Waals surface area contributed by atoms with Crippen molar-refractivity contribution in [1.29, 1.82) is 0 Å². The third-order valence-electron chi connectivity index (χ3n) is 1.98. The SMILES string of the molecule is [S]Cc1ccc2ccccc2c1. The van der Waals surface area contributed by atoms with Crippen LogP contribution in [0.3, 0.4) is 0 Å². The minimum atomic E-state index is 0.699. The first kappa shape index (κ1) is 7.69. The lowest BCUT2D eigenvalue weighted by molar-refractivity contribution is 1.45. The molecule has 0 aliphatic carbocycles. The standard InChI is InChI=1S/C11H9S/c12-8-9-5-6-10-3-1-2-4-11(10)7-9/h1-7H,8H2. The van der Waals surface area contributed by atoms with E-state index >= 15 is 0 Å². The Balaban J connectivity index is 2.67. The van der Waals surface area contributed by atoms with Gasteiger partial charge in [0.1, 0.15) is 0 Å². The summed E-state index contributed by atoms with van der Waals surface area (Å²) in [5.41, 5.74) is 1.23. The molecule has 0 aliphatic heterocycles. The lowest BCUT2D eigenvalue weighted by atomic mass is 10.1. The van der Waals surface area contributed by atoms with Crippen LogP contribution in [0.5, 0.6) is 0 Å². The van der Waals surface area contributed by atoms with Crippen LogP contribution in [0.1, 0.15) is 5.56 Å². The Morgan fingerprint density at radius 3 is 2.42 bits per heavy atom. The van der Waals surface area contributed by atoms with Crippen LogP contribution < -0.4 is 0 Å². The summed E-state index contributed by atoms with van der Waals surface area (Å²) in [6.07, 6.45) is 0. The first-order chi connectivity index (χ1) is 5.90. The van der Waals surface area contributed by atoms with Crippen molar-refractivity contribution < 1.29 is 0 Å². The molecule has 0 unspecified atom stereocenters. The molecule has 0 aliphatic rings. The van der Waals surface area contributed by atoms with Gasteiger partial charge < -0.3 is 0 Å². The highest BCUT2D eigenvalue weighted by Crippen LogP contribution is 2.16. The minimum absolute atomic E-state index is 0.699. The molecule has 0 aromatic heterocycles. The van der Waals surface area contributed by atoms with Gasteiger partial charge in [-0.05, 0) is 16.3 Å². The zero-order chi connectivity index (χ0) is 8.39. The molecular weight excluding hydrogens is 164 g/mol. The van der Waals surface area contributed by atoms with Gasteiger partial charge in [-0.25, -0.2) is 0 Å². The Bertz CT molecular complexity index is 393. The predicted octanol–water partition coefficient (Wildman–Crippen LogP) is 3.54. The normalized spacial score (nSPS) is 10.4. The van der Waals surface area contributed by atoms with Gasteiger partial charge in [0, 0.05) is 5.75 Å². The van der Waals surface area contributed by atoms with Crippen molar-refractivity contribution in [2.75, 3.05) is 0 Å². The second-order valence-corrected chi connectivity index (χ2v) is 3.11. The number of rotatable bonds is 1. The van der Waals surface area contributed by atoms with Gasteiger partial charge in [-0.1, -0.05) is 55.1 Å². The molecular formula is C11H9S. The predicted molar refractivity (Wildman–Crippen MR) is 55.2 cm³/mol. The molecule has 2 aromatic rings. The highest BCUT2D eigenvalue weighted by molar-refractivity contribution is 7.79. The first-order valence-corrected chi connectivity index (χ1v) is 4.53. The van der Waals surface area contributed by atoms with E-state index in [1.54, 1.807) is 0 Å². The summed E-state index contributed by atoms with van der Waals surface area (Å²) in [6.45, 7) is 0. The Morgan fingerprint density at radius 1 is 0.917 bits per heavy atom. The third kappa shape index (κ3) is 1.32. The fourth-order valence-corrected chi connectivity index (χ4v) is 1.51. The molecule has 2 rings (SSSR count). The molecule has 0 fully saturated rings. The molecule has 0 heterocycles. The first-order valence-electron chi connectivity index (χ1n) is 3.96. The average molecular weight is 173 g/mol. The molecule has 0 N–H and O–H groups in total. The van der Waals surface area contributed by atoms with Gasteiger partial charge in [-0.15, -0.1) is 0 Å². The zero-order valence-electron chi connectivity index (χ0n) is 6.66. The lowest BCUT2D eigenvalue weighted by Gasteiger charge is -1.98. The van der Waals surface area contributed by atoms with Crippen molar-refractivity contribution in [1.82, 2.24) is 0 Å². The van der Waals surface area contributed by atoms with E-state index in [4.69, 9.17) is 12.6 Å². The van der Waals surface area contributed by atoms with Gasteiger partial charge in [-0.2, -0.15) is 0 Å². The van der Waals surface area contributed by atoms with E-state index in [0.29, 0.717) is 5.75 Å². The molecule has 0 atom stereocenters. The van der Waals surface area contributed by atoms with Gasteiger partial charge in [-0.3, -0.25) is 0 Å². The van der Waals surface area contributed by atoms with E-state index in [1.165, 1.54) is 16.3 Å². The molecule has 12 heavy (non-hydrogen) atoms. The molecule has 0 bridgehead atoms. The smallest absolute Gasteiger partial charge is 0.0289 e. The maximum Gasteiger partial charge on any atom is 0.0289 e.